The van der Waals surface area contributed by atoms with Crippen molar-refractivity contribution < 1.29 is 19.7 Å². The maximum atomic E-state index is 12.2. The van der Waals surface area contributed by atoms with Crippen molar-refractivity contribution in [1.29, 1.82) is 0 Å². The van der Waals surface area contributed by atoms with Crippen molar-refractivity contribution in [3.8, 4) is 0 Å². The SMILES string of the molecule is O=C(c1cncs1)N1CCC2(CC1)OCC[C@H](O)[C@@H]2O. The summed E-state index contributed by atoms with van der Waals surface area (Å²) >= 11 is 1.33. The van der Waals surface area contributed by atoms with Gasteiger partial charge in [0.1, 0.15) is 11.0 Å². The normalized spacial score (nSPS) is 29.6. The van der Waals surface area contributed by atoms with E-state index in [1.54, 1.807) is 16.6 Å². The Labute approximate surface area is 121 Å². The number of rotatable bonds is 1. The van der Waals surface area contributed by atoms with E-state index < -0.39 is 17.8 Å². The zero-order chi connectivity index (χ0) is 14.2. The van der Waals surface area contributed by atoms with Crippen molar-refractivity contribution in [2.75, 3.05) is 19.7 Å². The van der Waals surface area contributed by atoms with Crippen molar-refractivity contribution in [3.05, 3.63) is 16.6 Å². The fourth-order valence-electron chi connectivity index (χ4n) is 2.98. The van der Waals surface area contributed by atoms with Gasteiger partial charge in [-0.25, -0.2) is 0 Å². The fraction of sp³-hybridized carbons (Fsp3) is 0.692. The minimum Gasteiger partial charge on any atom is -0.390 e. The molecule has 2 fully saturated rings. The van der Waals surface area contributed by atoms with Gasteiger partial charge in [-0.2, -0.15) is 0 Å². The molecule has 1 spiro atoms. The minimum absolute atomic E-state index is 0.0202. The first-order valence-electron chi connectivity index (χ1n) is 6.80. The van der Waals surface area contributed by atoms with E-state index in [1.165, 1.54) is 11.3 Å². The molecule has 6 nitrogen and oxygen atoms in total. The molecule has 7 heteroatoms. The number of amides is 1. The van der Waals surface area contributed by atoms with Crippen LogP contribution in [0, 0.1) is 0 Å². The fourth-order valence-corrected chi connectivity index (χ4v) is 3.57. The summed E-state index contributed by atoms with van der Waals surface area (Å²) in [5.74, 6) is -0.0202. The zero-order valence-electron chi connectivity index (χ0n) is 11.1. The molecule has 0 aliphatic carbocycles. The van der Waals surface area contributed by atoms with Gasteiger partial charge in [-0.1, -0.05) is 0 Å². The molecule has 20 heavy (non-hydrogen) atoms. The summed E-state index contributed by atoms with van der Waals surface area (Å²) in [6.45, 7) is 1.52. The lowest BCUT2D eigenvalue weighted by molar-refractivity contribution is -0.212. The topological polar surface area (TPSA) is 82.9 Å². The molecule has 0 aromatic carbocycles. The second-order valence-corrected chi connectivity index (χ2v) is 6.26. The van der Waals surface area contributed by atoms with E-state index >= 15 is 0 Å². The number of aliphatic hydroxyl groups excluding tert-OH is 2. The first-order chi connectivity index (χ1) is 9.62. The van der Waals surface area contributed by atoms with Gasteiger partial charge in [0, 0.05) is 13.1 Å². The van der Waals surface area contributed by atoms with Gasteiger partial charge in [-0.05, 0) is 19.3 Å². The number of likely N-dealkylation sites (tertiary alicyclic amines) is 1. The Kier molecular flexibility index (Phi) is 3.76. The van der Waals surface area contributed by atoms with Gasteiger partial charge < -0.3 is 19.8 Å². The Morgan fingerprint density at radius 3 is 2.85 bits per heavy atom. The molecule has 0 unspecified atom stereocenters. The van der Waals surface area contributed by atoms with Crippen LogP contribution >= 0.6 is 11.3 Å². The molecular formula is C13H18N2O4S. The van der Waals surface area contributed by atoms with Gasteiger partial charge in [-0.3, -0.25) is 9.78 Å². The zero-order valence-corrected chi connectivity index (χ0v) is 11.9. The van der Waals surface area contributed by atoms with Gasteiger partial charge >= 0.3 is 0 Å². The van der Waals surface area contributed by atoms with E-state index in [0.29, 0.717) is 43.8 Å². The molecule has 110 valence electrons. The Balaban J connectivity index is 1.66. The second kappa shape index (κ2) is 5.40. The first-order valence-corrected chi connectivity index (χ1v) is 7.68. The maximum Gasteiger partial charge on any atom is 0.265 e. The predicted molar refractivity (Wildman–Crippen MR) is 72.6 cm³/mol. The highest BCUT2D eigenvalue weighted by molar-refractivity contribution is 7.11. The number of carbonyl (C=O) groups excluding carboxylic acids is 1. The first kappa shape index (κ1) is 13.9. The summed E-state index contributed by atoms with van der Waals surface area (Å²) < 4.78 is 5.75. The third kappa shape index (κ3) is 2.35. The molecule has 0 saturated carbocycles. The highest BCUT2D eigenvalue weighted by Crippen LogP contribution is 2.35. The van der Waals surface area contributed by atoms with Crippen molar-refractivity contribution in [2.45, 2.75) is 37.1 Å². The van der Waals surface area contributed by atoms with Crippen LogP contribution in [0.1, 0.15) is 28.9 Å². The largest absolute Gasteiger partial charge is 0.390 e. The molecule has 2 aliphatic rings. The van der Waals surface area contributed by atoms with Crippen LogP contribution in [0.4, 0.5) is 0 Å². The highest BCUT2D eigenvalue weighted by atomic mass is 32.1. The maximum absolute atomic E-state index is 12.2. The van der Waals surface area contributed by atoms with E-state index in [0.717, 1.165) is 0 Å². The average molecular weight is 298 g/mol. The average Bonchev–Trinajstić information content (AvgIpc) is 2.99. The molecule has 2 N–H and O–H groups in total. The Morgan fingerprint density at radius 1 is 1.45 bits per heavy atom. The lowest BCUT2D eigenvalue weighted by Crippen LogP contribution is -2.60. The summed E-state index contributed by atoms with van der Waals surface area (Å²) in [5, 5.41) is 20.0. The van der Waals surface area contributed by atoms with Crippen LogP contribution in [0.25, 0.3) is 0 Å². The number of piperidine rings is 1. The summed E-state index contributed by atoms with van der Waals surface area (Å²) in [4.78, 5) is 18.5. The molecule has 1 aromatic rings. The monoisotopic (exact) mass is 298 g/mol. The van der Waals surface area contributed by atoms with Crippen molar-refractivity contribution in [2.24, 2.45) is 0 Å². The molecule has 2 atom stereocenters. The quantitative estimate of drug-likeness (QED) is 0.777. The molecule has 3 rings (SSSR count). The standard InChI is InChI=1S/C13H18N2O4S/c16-9-1-6-19-13(11(9)17)2-4-15(5-3-13)12(18)10-7-14-8-20-10/h7-9,11,16-17H,1-6H2/t9-,11-/m0/s1. The van der Waals surface area contributed by atoms with Crippen LogP contribution in [-0.4, -0.2) is 63.5 Å². The molecule has 1 aromatic heterocycles. The molecule has 1 amide bonds. The molecule has 0 radical (unpaired) electrons. The minimum atomic E-state index is -0.864. The number of ether oxygens (including phenoxy) is 1. The number of aliphatic hydroxyl groups is 2. The number of carbonyl (C=O) groups is 1. The molecule has 3 heterocycles. The van der Waals surface area contributed by atoms with E-state index in [1.807, 2.05) is 0 Å². The summed E-state index contributed by atoms with van der Waals surface area (Å²) in [6.07, 6.45) is 1.55. The van der Waals surface area contributed by atoms with Gasteiger partial charge in [0.2, 0.25) is 0 Å². The van der Waals surface area contributed by atoms with Crippen LogP contribution in [0.5, 0.6) is 0 Å². The smallest absolute Gasteiger partial charge is 0.265 e. The third-order valence-corrected chi connectivity index (χ3v) is 5.01. The number of nitrogens with zero attached hydrogens (tertiary/aromatic N) is 2. The van der Waals surface area contributed by atoms with Gasteiger partial charge in [0.25, 0.3) is 5.91 Å². The lowest BCUT2D eigenvalue weighted by Gasteiger charge is -2.48. The number of hydrogen-bond acceptors (Lipinski definition) is 6. The number of thiazole rings is 1. The Morgan fingerprint density at radius 2 is 2.20 bits per heavy atom. The summed E-state index contributed by atoms with van der Waals surface area (Å²) in [7, 11) is 0. The molecule has 2 aliphatic heterocycles. The van der Waals surface area contributed by atoms with E-state index in [-0.39, 0.29) is 5.91 Å². The van der Waals surface area contributed by atoms with Crippen LogP contribution in [-0.2, 0) is 4.74 Å². The van der Waals surface area contributed by atoms with Crippen LogP contribution < -0.4 is 0 Å². The predicted octanol–water partition coefficient (Wildman–Crippen LogP) is 0.260. The third-order valence-electron chi connectivity index (χ3n) is 4.25. The van der Waals surface area contributed by atoms with Gasteiger partial charge in [-0.15, -0.1) is 11.3 Å². The number of aromatic nitrogens is 1. The van der Waals surface area contributed by atoms with Crippen molar-refractivity contribution in [3.63, 3.8) is 0 Å². The summed E-state index contributed by atoms with van der Waals surface area (Å²) in [5.41, 5.74) is 0.950. The van der Waals surface area contributed by atoms with E-state index in [9.17, 15) is 15.0 Å². The Hall–Kier alpha value is -1.02. The highest BCUT2D eigenvalue weighted by Gasteiger charge is 2.48. The van der Waals surface area contributed by atoms with E-state index in [4.69, 9.17) is 4.74 Å². The van der Waals surface area contributed by atoms with Gasteiger partial charge in [0.05, 0.1) is 30.0 Å². The second-order valence-electron chi connectivity index (χ2n) is 5.37. The van der Waals surface area contributed by atoms with Crippen molar-refractivity contribution >= 4 is 17.2 Å². The molecule has 2 saturated heterocycles. The van der Waals surface area contributed by atoms with Crippen molar-refractivity contribution in [1.82, 2.24) is 9.88 Å². The van der Waals surface area contributed by atoms with Crippen LogP contribution in [0.15, 0.2) is 11.7 Å². The Bertz CT molecular complexity index is 471. The molecule has 0 bridgehead atoms. The van der Waals surface area contributed by atoms with Gasteiger partial charge in [0.15, 0.2) is 0 Å². The lowest BCUT2D eigenvalue weighted by atomic mass is 9.80. The number of hydrogen-bond donors (Lipinski definition) is 2. The van der Waals surface area contributed by atoms with Crippen LogP contribution in [0.3, 0.4) is 0 Å². The van der Waals surface area contributed by atoms with E-state index in [2.05, 4.69) is 4.98 Å². The van der Waals surface area contributed by atoms with Crippen LogP contribution in [0.2, 0.25) is 0 Å². The molecular weight excluding hydrogens is 280 g/mol. The summed E-state index contributed by atoms with van der Waals surface area (Å²) in [6, 6.07) is 0.